The van der Waals surface area contributed by atoms with Crippen LogP contribution in [0.5, 0.6) is 0 Å². The normalized spacial score (nSPS) is 18.1. The zero-order valence-electron chi connectivity index (χ0n) is 13.1. The SMILES string of the molecule is Cc1nc(N2CCOCC2)sc1C(=O)N1CCc2sccc2C1. The minimum Gasteiger partial charge on any atom is -0.378 e. The van der Waals surface area contributed by atoms with Gasteiger partial charge < -0.3 is 14.5 Å². The van der Waals surface area contributed by atoms with Crippen LogP contribution in [0.25, 0.3) is 0 Å². The van der Waals surface area contributed by atoms with Crippen molar-refractivity contribution in [3.8, 4) is 0 Å². The number of carbonyl (C=O) groups is 1. The summed E-state index contributed by atoms with van der Waals surface area (Å²) in [5, 5.41) is 3.06. The molecule has 2 aliphatic heterocycles. The number of amides is 1. The lowest BCUT2D eigenvalue weighted by Crippen LogP contribution is -2.36. The van der Waals surface area contributed by atoms with Gasteiger partial charge >= 0.3 is 0 Å². The highest BCUT2D eigenvalue weighted by molar-refractivity contribution is 7.17. The smallest absolute Gasteiger partial charge is 0.266 e. The van der Waals surface area contributed by atoms with E-state index < -0.39 is 0 Å². The number of ether oxygens (including phenoxy) is 1. The van der Waals surface area contributed by atoms with Crippen LogP contribution in [0, 0.1) is 6.92 Å². The van der Waals surface area contributed by atoms with Gasteiger partial charge in [0.2, 0.25) is 0 Å². The molecule has 1 amide bonds. The third kappa shape index (κ3) is 2.88. The maximum Gasteiger partial charge on any atom is 0.266 e. The van der Waals surface area contributed by atoms with Crippen LogP contribution < -0.4 is 4.90 Å². The first kappa shape index (κ1) is 15.1. The van der Waals surface area contributed by atoms with Crippen molar-refractivity contribution in [1.29, 1.82) is 0 Å². The third-order valence-electron chi connectivity index (χ3n) is 4.36. The Bertz CT molecular complexity index is 719. The molecule has 4 rings (SSSR count). The zero-order chi connectivity index (χ0) is 15.8. The van der Waals surface area contributed by atoms with E-state index in [1.54, 1.807) is 11.3 Å². The van der Waals surface area contributed by atoms with E-state index in [-0.39, 0.29) is 5.91 Å². The number of fused-ring (bicyclic) bond motifs is 1. The van der Waals surface area contributed by atoms with E-state index in [9.17, 15) is 4.79 Å². The maximum absolute atomic E-state index is 12.9. The van der Waals surface area contributed by atoms with Gasteiger partial charge in [0.1, 0.15) is 4.88 Å². The van der Waals surface area contributed by atoms with Crippen LogP contribution in [0.4, 0.5) is 5.13 Å². The van der Waals surface area contributed by atoms with E-state index in [0.717, 1.165) is 61.5 Å². The molecule has 0 saturated carbocycles. The molecular weight excluding hydrogens is 330 g/mol. The van der Waals surface area contributed by atoms with Crippen molar-refractivity contribution in [2.75, 3.05) is 37.7 Å². The van der Waals surface area contributed by atoms with Crippen LogP contribution in [-0.2, 0) is 17.7 Å². The molecule has 1 fully saturated rings. The number of aryl methyl sites for hydroxylation is 1. The first-order valence-electron chi connectivity index (χ1n) is 7.87. The summed E-state index contributed by atoms with van der Waals surface area (Å²) in [5.74, 6) is 0.122. The van der Waals surface area contributed by atoms with Gasteiger partial charge in [0.05, 0.1) is 18.9 Å². The number of anilines is 1. The molecule has 2 aromatic heterocycles. The average Bonchev–Trinajstić information content (AvgIpc) is 3.20. The van der Waals surface area contributed by atoms with Gasteiger partial charge in [0, 0.05) is 31.1 Å². The molecule has 1 saturated heterocycles. The Morgan fingerprint density at radius 3 is 2.96 bits per heavy atom. The second-order valence-corrected chi connectivity index (χ2v) is 7.83. The van der Waals surface area contributed by atoms with Crippen LogP contribution in [0.3, 0.4) is 0 Å². The highest BCUT2D eigenvalue weighted by Crippen LogP contribution is 2.30. The van der Waals surface area contributed by atoms with Gasteiger partial charge in [0.15, 0.2) is 5.13 Å². The van der Waals surface area contributed by atoms with Crippen LogP contribution in [-0.4, -0.2) is 48.6 Å². The standard InChI is InChI=1S/C16H19N3O2S2/c1-11-14(23-16(17-11)18-5-7-21-8-6-18)15(20)19-4-2-13-12(10-19)3-9-22-13/h3,9H,2,4-8,10H2,1H3. The van der Waals surface area contributed by atoms with Gasteiger partial charge in [0.25, 0.3) is 5.91 Å². The fourth-order valence-electron chi connectivity index (χ4n) is 3.04. The molecule has 0 aliphatic carbocycles. The molecule has 0 atom stereocenters. The fourth-order valence-corrected chi connectivity index (χ4v) is 5.01. The second-order valence-electron chi connectivity index (χ2n) is 5.86. The summed E-state index contributed by atoms with van der Waals surface area (Å²) >= 11 is 3.32. The molecule has 0 N–H and O–H groups in total. The molecule has 0 unspecified atom stereocenters. The molecule has 2 aromatic rings. The Labute approximate surface area is 143 Å². The summed E-state index contributed by atoms with van der Waals surface area (Å²) in [6, 6.07) is 2.14. The molecule has 0 spiro atoms. The van der Waals surface area contributed by atoms with Crippen molar-refractivity contribution in [3.05, 3.63) is 32.5 Å². The van der Waals surface area contributed by atoms with Gasteiger partial charge in [-0.3, -0.25) is 4.79 Å². The number of thiophene rings is 1. The lowest BCUT2D eigenvalue weighted by molar-refractivity contribution is 0.0740. The number of morpholine rings is 1. The summed E-state index contributed by atoms with van der Waals surface area (Å²) < 4.78 is 5.39. The Hall–Kier alpha value is -1.44. The quantitative estimate of drug-likeness (QED) is 0.836. The number of nitrogens with zero attached hydrogens (tertiary/aromatic N) is 3. The average molecular weight is 349 g/mol. The molecule has 23 heavy (non-hydrogen) atoms. The Morgan fingerprint density at radius 2 is 2.13 bits per heavy atom. The minimum absolute atomic E-state index is 0.122. The molecule has 122 valence electrons. The molecule has 0 bridgehead atoms. The van der Waals surface area contributed by atoms with Crippen molar-refractivity contribution in [1.82, 2.24) is 9.88 Å². The van der Waals surface area contributed by atoms with Gasteiger partial charge in [-0.25, -0.2) is 4.98 Å². The minimum atomic E-state index is 0.122. The van der Waals surface area contributed by atoms with E-state index in [2.05, 4.69) is 21.3 Å². The largest absolute Gasteiger partial charge is 0.378 e. The Kier molecular flexibility index (Phi) is 4.09. The van der Waals surface area contributed by atoms with Crippen LogP contribution in [0.15, 0.2) is 11.4 Å². The highest BCUT2D eigenvalue weighted by Gasteiger charge is 2.27. The summed E-state index contributed by atoms with van der Waals surface area (Å²) in [5.41, 5.74) is 2.14. The number of hydrogen-bond acceptors (Lipinski definition) is 6. The summed E-state index contributed by atoms with van der Waals surface area (Å²) in [7, 11) is 0. The second kappa shape index (κ2) is 6.22. The van der Waals surface area contributed by atoms with Crippen molar-refractivity contribution in [2.24, 2.45) is 0 Å². The lowest BCUT2D eigenvalue weighted by Gasteiger charge is -2.27. The van der Waals surface area contributed by atoms with E-state index in [4.69, 9.17) is 4.74 Å². The number of thiazole rings is 1. The molecular formula is C16H19N3O2S2. The predicted molar refractivity (Wildman–Crippen MR) is 92.6 cm³/mol. The van der Waals surface area contributed by atoms with Gasteiger partial charge in [-0.2, -0.15) is 0 Å². The first-order chi connectivity index (χ1) is 11.2. The van der Waals surface area contributed by atoms with Crippen molar-refractivity contribution < 1.29 is 9.53 Å². The first-order valence-corrected chi connectivity index (χ1v) is 9.56. The molecule has 4 heterocycles. The summed E-state index contributed by atoms with van der Waals surface area (Å²) in [4.78, 5) is 23.9. The molecule has 2 aliphatic rings. The molecule has 7 heteroatoms. The number of aromatic nitrogens is 1. The number of carbonyl (C=O) groups excluding carboxylic acids is 1. The van der Waals surface area contributed by atoms with E-state index in [0.29, 0.717) is 0 Å². The molecule has 0 aromatic carbocycles. The van der Waals surface area contributed by atoms with E-state index in [1.807, 2.05) is 11.8 Å². The molecule has 5 nitrogen and oxygen atoms in total. The third-order valence-corrected chi connectivity index (χ3v) is 6.59. The lowest BCUT2D eigenvalue weighted by atomic mass is 10.1. The maximum atomic E-state index is 12.9. The summed E-state index contributed by atoms with van der Waals surface area (Å²) in [6.45, 7) is 6.63. The fraction of sp³-hybridized carbons (Fsp3) is 0.500. The van der Waals surface area contributed by atoms with Crippen LogP contribution in [0.1, 0.15) is 25.8 Å². The Morgan fingerprint density at radius 1 is 1.30 bits per heavy atom. The van der Waals surface area contributed by atoms with E-state index in [1.165, 1.54) is 21.8 Å². The van der Waals surface area contributed by atoms with Crippen molar-refractivity contribution in [2.45, 2.75) is 19.9 Å². The van der Waals surface area contributed by atoms with Crippen LogP contribution >= 0.6 is 22.7 Å². The molecule has 0 radical (unpaired) electrons. The monoisotopic (exact) mass is 349 g/mol. The predicted octanol–water partition coefficient (Wildman–Crippen LogP) is 2.55. The van der Waals surface area contributed by atoms with E-state index >= 15 is 0 Å². The Balaban J connectivity index is 1.53. The number of rotatable bonds is 2. The van der Waals surface area contributed by atoms with Crippen molar-refractivity contribution >= 4 is 33.7 Å². The number of hydrogen-bond donors (Lipinski definition) is 0. The van der Waals surface area contributed by atoms with Crippen LogP contribution in [0.2, 0.25) is 0 Å². The van der Waals surface area contributed by atoms with Crippen molar-refractivity contribution in [3.63, 3.8) is 0 Å². The van der Waals surface area contributed by atoms with Gasteiger partial charge in [-0.1, -0.05) is 11.3 Å². The van der Waals surface area contributed by atoms with Gasteiger partial charge in [-0.15, -0.1) is 11.3 Å². The zero-order valence-corrected chi connectivity index (χ0v) is 14.7. The van der Waals surface area contributed by atoms with Gasteiger partial charge in [-0.05, 0) is 30.4 Å². The summed E-state index contributed by atoms with van der Waals surface area (Å²) in [6.07, 6.45) is 0.965. The highest BCUT2D eigenvalue weighted by atomic mass is 32.1. The topological polar surface area (TPSA) is 45.7 Å².